The number of benzene rings is 1. The Morgan fingerprint density at radius 1 is 1.02 bits per heavy atom. The smallest absolute Gasteiger partial charge is 0.325 e. The molecular formula is C30H44N4O6. The Hall–Kier alpha value is -3.24. The van der Waals surface area contributed by atoms with Gasteiger partial charge in [-0.25, -0.2) is 5.43 Å². The molecule has 3 amide bonds. The first kappa shape index (κ1) is 31.3. The van der Waals surface area contributed by atoms with E-state index in [1.54, 1.807) is 21.0 Å². The van der Waals surface area contributed by atoms with E-state index in [1.165, 1.54) is 5.01 Å². The predicted octanol–water partition coefficient (Wildman–Crippen LogP) is 2.89. The molecule has 3 rings (SSSR count). The summed E-state index contributed by atoms with van der Waals surface area (Å²) in [6.07, 6.45) is 5.64. The zero-order valence-corrected chi connectivity index (χ0v) is 24.4. The number of esters is 1. The highest BCUT2D eigenvalue weighted by Crippen LogP contribution is 2.22. The van der Waals surface area contributed by atoms with Crippen molar-refractivity contribution in [3.8, 4) is 0 Å². The van der Waals surface area contributed by atoms with Gasteiger partial charge in [0.25, 0.3) is 5.91 Å². The fourth-order valence-electron chi connectivity index (χ4n) is 4.99. The molecule has 2 aliphatic rings. The lowest BCUT2D eigenvalue weighted by molar-refractivity contribution is -0.157. The predicted molar refractivity (Wildman–Crippen MR) is 151 cm³/mol. The minimum absolute atomic E-state index is 0.210. The first-order valence-electron chi connectivity index (χ1n) is 14.2. The third kappa shape index (κ3) is 8.14. The summed E-state index contributed by atoms with van der Waals surface area (Å²) >= 11 is 0. The van der Waals surface area contributed by atoms with Gasteiger partial charge in [-0.15, -0.1) is 0 Å². The molecule has 1 aromatic rings. The van der Waals surface area contributed by atoms with Crippen LogP contribution in [-0.2, 0) is 28.7 Å². The van der Waals surface area contributed by atoms with Crippen LogP contribution in [0.15, 0.2) is 30.3 Å². The van der Waals surface area contributed by atoms with Crippen LogP contribution >= 0.6 is 0 Å². The Morgan fingerprint density at radius 3 is 2.48 bits per heavy atom. The van der Waals surface area contributed by atoms with E-state index in [1.807, 2.05) is 57.2 Å². The van der Waals surface area contributed by atoms with Gasteiger partial charge < -0.3 is 20.1 Å². The van der Waals surface area contributed by atoms with Crippen molar-refractivity contribution >= 4 is 29.8 Å². The van der Waals surface area contributed by atoms with Gasteiger partial charge in [0.2, 0.25) is 11.8 Å². The number of fused-ring (bicyclic) bond motifs is 4. The van der Waals surface area contributed by atoms with Crippen LogP contribution in [0.4, 0.5) is 0 Å². The number of hydrogen-bond donors (Lipinski definition) is 3. The highest BCUT2D eigenvalue weighted by atomic mass is 16.5. The number of carbonyl (C=O) groups excluding carboxylic acids is 4. The first-order chi connectivity index (χ1) is 19.0. The minimum atomic E-state index is -0.872. The van der Waals surface area contributed by atoms with Crippen molar-refractivity contribution in [2.45, 2.75) is 90.6 Å². The van der Waals surface area contributed by atoms with E-state index >= 15 is 0 Å². The van der Waals surface area contributed by atoms with Crippen LogP contribution in [0.3, 0.4) is 0 Å². The number of nitrogens with one attached hydrogen (secondary N) is 3. The van der Waals surface area contributed by atoms with E-state index in [0.717, 1.165) is 11.1 Å². The number of methoxy groups -OCH3 is 1. The number of hydrogen-bond acceptors (Lipinski definition) is 7. The van der Waals surface area contributed by atoms with E-state index in [9.17, 15) is 19.2 Å². The van der Waals surface area contributed by atoms with E-state index in [2.05, 4.69) is 16.1 Å². The van der Waals surface area contributed by atoms with Gasteiger partial charge in [0.15, 0.2) is 0 Å². The molecule has 0 saturated carbocycles. The molecule has 0 spiro atoms. The van der Waals surface area contributed by atoms with E-state index in [0.29, 0.717) is 32.2 Å². The molecule has 1 fully saturated rings. The van der Waals surface area contributed by atoms with Crippen LogP contribution in [0.2, 0.25) is 0 Å². The second-order valence-corrected chi connectivity index (χ2v) is 11.1. The lowest BCUT2D eigenvalue weighted by Gasteiger charge is -2.35. The van der Waals surface area contributed by atoms with Crippen molar-refractivity contribution in [3.63, 3.8) is 0 Å². The largest absolute Gasteiger partial charge is 0.457 e. The summed E-state index contributed by atoms with van der Waals surface area (Å²) < 4.78 is 11.4. The number of rotatable bonds is 2. The summed E-state index contributed by atoms with van der Waals surface area (Å²) in [6, 6.07) is 5.40. The Bertz CT molecular complexity index is 1090. The summed E-state index contributed by atoms with van der Waals surface area (Å²) in [5.74, 6) is -2.24. The summed E-state index contributed by atoms with van der Waals surface area (Å²) in [4.78, 5) is 52.5. The maximum absolute atomic E-state index is 13.2. The standard InChI is InChI=1S/C30H44N4O6/c1-18(2)26-28(36)31-20(4)29(37)34-16-10-14-24(33-34)30(38)40-21(5)23-13-9-12-22(17-23)11-7-8-15-25(39-6)19(3)27(35)32-26/h7,9,11-13,17-21,24-26,33H,8,10,14-16H2,1-6H3,(H,31,36)(H,32,35)/t19-,20+,21-,24+,25-,26+/m1/s1. The first-order valence-corrected chi connectivity index (χ1v) is 14.2. The molecule has 0 aromatic heterocycles. The van der Waals surface area contributed by atoms with Gasteiger partial charge in [-0.05, 0) is 62.6 Å². The molecule has 10 heteroatoms. The summed E-state index contributed by atoms with van der Waals surface area (Å²) in [5.41, 5.74) is 4.81. The van der Waals surface area contributed by atoms with Crippen molar-refractivity contribution in [2.24, 2.45) is 11.8 Å². The maximum Gasteiger partial charge on any atom is 0.325 e. The molecule has 10 nitrogen and oxygen atoms in total. The average molecular weight is 557 g/mol. The van der Waals surface area contributed by atoms with Gasteiger partial charge in [0, 0.05) is 13.7 Å². The van der Waals surface area contributed by atoms with Crippen LogP contribution in [-0.4, -0.2) is 66.6 Å². The van der Waals surface area contributed by atoms with Crippen LogP contribution in [0.5, 0.6) is 0 Å². The number of allylic oxidation sites excluding steroid dienone is 1. The molecule has 40 heavy (non-hydrogen) atoms. The SMILES string of the molecule is CO[C@@H]1CCC=Cc2cccc(c2)[C@@H](C)OC(=O)[C@@H]2CCCN(N2)C(=O)[C@H](C)NC(=O)[C@H](C(C)C)NC(=O)[C@@H]1C. The van der Waals surface area contributed by atoms with Crippen molar-refractivity contribution in [2.75, 3.05) is 13.7 Å². The van der Waals surface area contributed by atoms with Crippen LogP contribution < -0.4 is 16.1 Å². The third-order valence-electron chi connectivity index (χ3n) is 7.59. The lowest BCUT2D eigenvalue weighted by atomic mass is 9.96. The maximum atomic E-state index is 13.2. The van der Waals surface area contributed by atoms with Gasteiger partial charge in [-0.3, -0.25) is 24.2 Å². The van der Waals surface area contributed by atoms with Crippen molar-refractivity contribution in [1.29, 1.82) is 0 Å². The Kier molecular flexibility index (Phi) is 11.3. The van der Waals surface area contributed by atoms with E-state index < -0.39 is 42.0 Å². The second kappa shape index (κ2) is 14.4. The number of ether oxygens (including phenoxy) is 2. The zero-order chi connectivity index (χ0) is 29.4. The zero-order valence-electron chi connectivity index (χ0n) is 24.4. The third-order valence-corrected chi connectivity index (χ3v) is 7.59. The van der Waals surface area contributed by atoms with Crippen molar-refractivity contribution in [3.05, 3.63) is 41.5 Å². The van der Waals surface area contributed by atoms with Gasteiger partial charge in [0.1, 0.15) is 24.2 Å². The molecule has 0 unspecified atom stereocenters. The number of hydrazine groups is 1. The molecule has 0 radical (unpaired) electrons. The Morgan fingerprint density at radius 2 is 1.77 bits per heavy atom. The Balaban J connectivity index is 1.87. The second-order valence-electron chi connectivity index (χ2n) is 11.1. The minimum Gasteiger partial charge on any atom is -0.457 e. The molecule has 2 heterocycles. The van der Waals surface area contributed by atoms with Crippen LogP contribution in [0.25, 0.3) is 6.08 Å². The fraction of sp³-hybridized carbons (Fsp3) is 0.600. The average Bonchev–Trinajstić information content (AvgIpc) is 2.94. The summed E-state index contributed by atoms with van der Waals surface area (Å²) in [5, 5.41) is 6.97. The van der Waals surface area contributed by atoms with Gasteiger partial charge in [0.05, 0.1) is 12.0 Å². The highest BCUT2D eigenvalue weighted by molar-refractivity contribution is 5.92. The van der Waals surface area contributed by atoms with Crippen LogP contribution in [0, 0.1) is 11.8 Å². The lowest BCUT2D eigenvalue weighted by Crippen LogP contribution is -2.61. The molecule has 2 aliphatic heterocycles. The number of carbonyl (C=O) groups is 4. The molecule has 1 saturated heterocycles. The molecule has 3 N–H and O–H groups in total. The van der Waals surface area contributed by atoms with Gasteiger partial charge in [-0.1, -0.05) is 51.1 Å². The topological polar surface area (TPSA) is 126 Å². The Labute approximate surface area is 237 Å². The molecule has 1 aromatic carbocycles. The van der Waals surface area contributed by atoms with E-state index in [-0.39, 0.29) is 23.8 Å². The van der Waals surface area contributed by atoms with Crippen molar-refractivity contribution in [1.82, 2.24) is 21.1 Å². The summed E-state index contributed by atoms with van der Waals surface area (Å²) in [7, 11) is 1.58. The molecule has 6 atom stereocenters. The monoisotopic (exact) mass is 556 g/mol. The molecule has 4 bridgehead atoms. The van der Waals surface area contributed by atoms with Gasteiger partial charge >= 0.3 is 5.97 Å². The number of nitrogens with zero attached hydrogens (tertiary/aromatic N) is 1. The van der Waals surface area contributed by atoms with Crippen LogP contribution in [0.1, 0.15) is 77.5 Å². The van der Waals surface area contributed by atoms with E-state index in [4.69, 9.17) is 9.47 Å². The molecular weight excluding hydrogens is 512 g/mol. The number of amides is 3. The highest BCUT2D eigenvalue weighted by Gasteiger charge is 2.34. The fourth-order valence-corrected chi connectivity index (χ4v) is 4.99. The normalized spacial score (nSPS) is 29.6. The van der Waals surface area contributed by atoms with Gasteiger partial charge in [-0.2, -0.15) is 0 Å². The van der Waals surface area contributed by atoms with Crippen molar-refractivity contribution < 1.29 is 28.7 Å². The molecule has 220 valence electrons. The molecule has 0 aliphatic carbocycles. The quantitative estimate of drug-likeness (QED) is 0.478. The number of cyclic esters (lactones) is 1. The summed E-state index contributed by atoms with van der Waals surface area (Å²) in [6.45, 7) is 9.27.